The average Bonchev–Trinajstić information content (AvgIpc) is 2.79. The third-order valence-electron chi connectivity index (χ3n) is 5.06. The van der Waals surface area contributed by atoms with Crippen molar-refractivity contribution in [1.82, 2.24) is 14.0 Å². The Balaban J connectivity index is 2.12. The number of hydrogen-bond acceptors (Lipinski definition) is 5. The molecule has 1 aromatic carbocycles. The molecule has 32 heavy (non-hydrogen) atoms. The van der Waals surface area contributed by atoms with Gasteiger partial charge in [-0.05, 0) is 36.8 Å². The van der Waals surface area contributed by atoms with Crippen LogP contribution in [0.4, 0.5) is 4.39 Å². The van der Waals surface area contributed by atoms with Crippen LogP contribution in [0.25, 0.3) is 16.7 Å². The summed E-state index contributed by atoms with van der Waals surface area (Å²) in [5.74, 6) is -1.57. The van der Waals surface area contributed by atoms with E-state index in [4.69, 9.17) is 4.74 Å². The maximum atomic E-state index is 14.1. The van der Waals surface area contributed by atoms with Gasteiger partial charge < -0.3 is 9.30 Å². The van der Waals surface area contributed by atoms with Crippen LogP contribution in [0.2, 0.25) is 0 Å². The number of carbonyl (C=O) groups is 1. The van der Waals surface area contributed by atoms with E-state index in [1.54, 1.807) is 12.3 Å². The molecule has 0 bridgehead atoms. The van der Waals surface area contributed by atoms with E-state index >= 15 is 0 Å². The second-order valence-corrected chi connectivity index (χ2v) is 7.07. The highest BCUT2D eigenvalue weighted by molar-refractivity contribution is 5.95. The molecule has 8 nitrogen and oxygen atoms in total. The Morgan fingerprint density at radius 2 is 2.03 bits per heavy atom. The molecule has 0 radical (unpaired) electrons. The fourth-order valence-corrected chi connectivity index (χ4v) is 3.48. The van der Waals surface area contributed by atoms with Gasteiger partial charge in [0.15, 0.2) is 5.49 Å². The Morgan fingerprint density at radius 1 is 1.25 bits per heavy atom. The van der Waals surface area contributed by atoms with Crippen molar-refractivity contribution in [2.24, 2.45) is 4.99 Å². The molecular formula is C23H18FN5O3. The molecule has 0 saturated heterocycles. The van der Waals surface area contributed by atoms with Crippen LogP contribution in [0.15, 0.2) is 58.4 Å². The minimum absolute atomic E-state index is 0.00945. The highest BCUT2D eigenvalue weighted by atomic mass is 19.1. The van der Waals surface area contributed by atoms with Crippen molar-refractivity contribution in [3.63, 3.8) is 0 Å². The van der Waals surface area contributed by atoms with E-state index < -0.39 is 11.7 Å². The van der Waals surface area contributed by atoms with Gasteiger partial charge in [0.05, 0.1) is 23.1 Å². The molecule has 0 spiro atoms. The number of benzene rings is 1. The van der Waals surface area contributed by atoms with Gasteiger partial charge in [-0.15, -0.1) is 0 Å². The van der Waals surface area contributed by atoms with Crippen molar-refractivity contribution < 1.29 is 13.9 Å². The SMILES string of the molecule is COCCn1c(=NC(=O)c2ccccc2F)c(C#N)cc2c(=O)n3cccc(C)c3nc21. The molecule has 4 aromatic rings. The number of methoxy groups -OCH3 is 1. The maximum Gasteiger partial charge on any atom is 0.281 e. The molecule has 1 amide bonds. The number of carbonyl (C=O) groups excluding carboxylic acids is 1. The number of aromatic nitrogens is 3. The molecule has 9 heteroatoms. The molecule has 3 aromatic heterocycles. The Kier molecular flexibility index (Phi) is 5.62. The predicted octanol–water partition coefficient (Wildman–Crippen LogP) is 2.36. The molecule has 0 N–H and O–H groups in total. The molecule has 0 unspecified atom stereocenters. The lowest BCUT2D eigenvalue weighted by Crippen LogP contribution is -2.31. The van der Waals surface area contributed by atoms with E-state index in [-0.39, 0.29) is 46.4 Å². The number of amides is 1. The Labute approximate surface area is 181 Å². The first kappa shape index (κ1) is 21.1. The summed E-state index contributed by atoms with van der Waals surface area (Å²) in [5, 5.41) is 9.94. The van der Waals surface area contributed by atoms with Crippen LogP contribution in [-0.4, -0.2) is 33.6 Å². The molecule has 0 fully saturated rings. The van der Waals surface area contributed by atoms with Crippen LogP contribution >= 0.6 is 0 Å². The van der Waals surface area contributed by atoms with Gasteiger partial charge in [-0.1, -0.05) is 18.2 Å². The topological polar surface area (TPSA) is 102 Å². The smallest absolute Gasteiger partial charge is 0.281 e. The second kappa shape index (κ2) is 8.53. The monoisotopic (exact) mass is 431 g/mol. The van der Waals surface area contributed by atoms with Gasteiger partial charge in [-0.2, -0.15) is 10.3 Å². The van der Waals surface area contributed by atoms with Crippen molar-refractivity contribution in [2.75, 3.05) is 13.7 Å². The summed E-state index contributed by atoms with van der Waals surface area (Å²) < 4.78 is 22.2. The zero-order valence-electron chi connectivity index (χ0n) is 17.4. The summed E-state index contributed by atoms with van der Waals surface area (Å²) in [5.41, 5.74) is 0.850. The summed E-state index contributed by atoms with van der Waals surface area (Å²) >= 11 is 0. The molecule has 0 atom stereocenters. The number of hydrogen-bond donors (Lipinski definition) is 0. The molecule has 0 aliphatic heterocycles. The van der Waals surface area contributed by atoms with Crippen molar-refractivity contribution in [3.8, 4) is 6.07 Å². The van der Waals surface area contributed by atoms with Gasteiger partial charge in [0, 0.05) is 19.9 Å². The molecule has 0 saturated carbocycles. The van der Waals surface area contributed by atoms with E-state index in [9.17, 15) is 19.2 Å². The van der Waals surface area contributed by atoms with Crippen LogP contribution in [-0.2, 0) is 11.3 Å². The largest absolute Gasteiger partial charge is 0.383 e. The number of fused-ring (bicyclic) bond motifs is 2. The van der Waals surface area contributed by atoms with Crippen LogP contribution in [0, 0.1) is 24.1 Å². The van der Waals surface area contributed by atoms with Gasteiger partial charge >= 0.3 is 0 Å². The lowest BCUT2D eigenvalue weighted by molar-refractivity contribution is 0.0992. The standard InChI is InChI=1S/C23H18FN5O3/c1-14-6-5-9-29-19(14)26-21-17(23(29)31)12-15(13-25)20(28(21)10-11-32-2)27-22(30)16-7-3-4-8-18(16)24/h3-9,12H,10-11H2,1-2H3. The summed E-state index contributed by atoms with van der Waals surface area (Å²) in [7, 11) is 1.50. The van der Waals surface area contributed by atoms with Crippen LogP contribution in [0.3, 0.4) is 0 Å². The zero-order chi connectivity index (χ0) is 22.8. The highest BCUT2D eigenvalue weighted by Crippen LogP contribution is 2.13. The fourth-order valence-electron chi connectivity index (χ4n) is 3.48. The number of aryl methyl sites for hydroxylation is 1. The van der Waals surface area contributed by atoms with Gasteiger partial charge in [-0.3, -0.25) is 14.0 Å². The second-order valence-electron chi connectivity index (χ2n) is 7.07. The summed E-state index contributed by atoms with van der Waals surface area (Å²) in [4.78, 5) is 34.6. The van der Waals surface area contributed by atoms with Crippen molar-refractivity contribution >= 4 is 22.6 Å². The average molecular weight is 431 g/mol. The van der Waals surface area contributed by atoms with E-state index in [1.807, 2.05) is 19.1 Å². The summed E-state index contributed by atoms with van der Waals surface area (Å²) in [6.45, 7) is 2.20. The maximum absolute atomic E-state index is 14.1. The summed E-state index contributed by atoms with van der Waals surface area (Å²) in [6, 6.07) is 12.4. The van der Waals surface area contributed by atoms with Crippen molar-refractivity contribution in [2.45, 2.75) is 13.5 Å². The minimum Gasteiger partial charge on any atom is -0.383 e. The molecule has 0 aliphatic carbocycles. The number of ether oxygens (including phenoxy) is 1. The number of pyridine rings is 2. The van der Waals surface area contributed by atoms with Gasteiger partial charge in [0.1, 0.15) is 23.2 Å². The lowest BCUT2D eigenvalue weighted by Gasteiger charge is -2.13. The molecule has 0 aliphatic rings. The molecule has 160 valence electrons. The van der Waals surface area contributed by atoms with Crippen LogP contribution in [0.1, 0.15) is 21.5 Å². The van der Waals surface area contributed by atoms with E-state index in [2.05, 4.69) is 9.98 Å². The molecule has 4 rings (SSSR count). The Morgan fingerprint density at radius 3 is 2.75 bits per heavy atom. The predicted molar refractivity (Wildman–Crippen MR) is 115 cm³/mol. The van der Waals surface area contributed by atoms with Gasteiger partial charge in [0.2, 0.25) is 0 Å². The lowest BCUT2D eigenvalue weighted by atomic mass is 10.2. The van der Waals surface area contributed by atoms with E-state index in [0.717, 1.165) is 11.6 Å². The number of halogens is 1. The first-order valence-corrected chi connectivity index (χ1v) is 9.74. The number of rotatable bonds is 4. The molecule has 3 heterocycles. The van der Waals surface area contributed by atoms with Crippen LogP contribution in [0.5, 0.6) is 0 Å². The fraction of sp³-hybridized carbons (Fsp3) is 0.174. The number of nitrogens with zero attached hydrogens (tertiary/aromatic N) is 5. The normalized spacial score (nSPS) is 11.8. The first-order chi connectivity index (χ1) is 15.5. The third kappa shape index (κ3) is 3.57. The Bertz CT molecular complexity index is 1550. The Hall–Kier alpha value is -4.16. The van der Waals surface area contributed by atoms with Crippen molar-refractivity contribution in [3.05, 3.63) is 87.0 Å². The molecular weight excluding hydrogens is 413 g/mol. The zero-order valence-corrected chi connectivity index (χ0v) is 17.4. The van der Waals surface area contributed by atoms with Crippen molar-refractivity contribution in [1.29, 1.82) is 5.26 Å². The van der Waals surface area contributed by atoms with Crippen LogP contribution < -0.4 is 11.0 Å². The number of nitriles is 1. The van der Waals surface area contributed by atoms with E-state index in [1.165, 1.54) is 40.3 Å². The summed E-state index contributed by atoms with van der Waals surface area (Å²) in [6.07, 6.45) is 1.60. The van der Waals surface area contributed by atoms with E-state index in [0.29, 0.717) is 5.65 Å². The minimum atomic E-state index is -0.848. The quantitative estimate of drug-likeness (QED) is 0.462. The highest BCUT2D eigenvalue weighted by Gasteiger charge is 2.17. The first-order valence-electron chi connectivity index (χ1n) is 9.74. The van der Waals surface area contributed by atoms with Gasteiger partial charge in [0.25, 0.3) is 11.5 Å². The third-order valence-corrected chi connectivity index (χ3v) is 5.06. The van der Waals surface area contributed by atoms with Gasteiger partial charge in [-0.25, -0.2) is 9.37 Å².